The standard InChI is InChI=1S/C14H18Cl2N2O/c1-8(9-3-6-11(15)12(16)7-9)18-13(19)14(2,17)10-4-5-10/h3,6-8,10H,4-5,17H2,1-2H3,(H,18,19). The topological polar surface area (TPSA) is 55.1 Å². The molecule has 1 amide bonds. The van der Waals surface area contributed by atoms with E-state index in [9.17, 15) is 4.79 Å². The van der Waals surface area contributed by atoms with Crippen molar-refractivity contribution in [3.63, 3.8) is 0 Å². The van der Waals surface area contributed by atoms with Gasteiger partial charge in [-0.25, -0.2) is 0 Å². The second-order valence-corrected chi connectivity index (χ2v) is 6.24. The number of benzene rings is 1. The maximum absolute atomic E-state index is 12.2. The minimum Gasteiger partial charge on any atom is -0.348 e. The molecule has 1 fully saturated rings. The van der Waals surface area contributed by atoms with Gasteiger partial charge in [-0.05, 0) is 50.3 Å². The first-order valence-corrected chi connectivity index (χ1v) is 7.12. The summed E-state index contributed by atoms with van der Waals surface area (Å²) in [5, 5.41) is 3.93. The van der Waals surface area contributed by atoms with Gasteiger partial charge >= 0.3 is 0 Å². The average molecular weight is 301 g/mol. The quantitative estimate of drug-likeness (QED) is 0.896. The Morgan fingerprint density at radius 2 is 2.05 bits per heavy atom. The van der Waals surface area contributed by atoms with E-state index in [1.54, 1.807) is 19.1 Å². The lowest BCUT2D eigenvalue weighted by Gasteiger charge is -2.26. The van der Waals surface area contributed by atoms with Crippen LogP contribution < -0.4 is 11.1 Å². The maximum atomic E-state index is 12.2. The molecule has 2 atom stereocenters. The molecule has 2 rings (SSSR count). The number of halogens is 2. The van der Waals surface area contributed by atoms with Gasteiger partial charge in [-0.15, -0.1) is 0 Å². The van der Waals surface area contributed by atoms with Crippen LogP contribution in [0.2, 0.25) is 10.0 Å². The molecule has 0 bridgehead atoms. The first-order valence-electron chi connectivity index (χ1n) is 6.37. The minimum atomic E-state index is -0.787. The first kappa shape index (κ1) is 14.6. The summed E-state index contributed by atoms with van der Waals surface area (Å²) < 4.78 is 0. The molecule has 1 aromatic carbocycles. The second kappa shape index (κ2) is 5.31. The lowest BCUT2D eigenvalue weighted by molar-refractivity contribution is -0.127. The molecule has 3 nitrogen and oxygen atoms in total. The summed E-state index contributed by atoms with van der Waals surface area (Å²) in [7, 11) is 0. The Kier molecular flexibility index (Phi) is 4.09. The van der Waals surface area contributed by atoms with E-state index in [1.807, 2.05) is 13.0 Å². The molecule has 0 radical (unpaired) electrons. The molecular weight excluding hydrogens is 283 g/mol. The van der Waals surface area contributed by atoms with E-state index in [4.69, 9.17) is 28.9 Å². The Hall–Kier alpha value is -0.770. The molecule has 0 aromatic heterocycles. The molecule has 0 saturated heterocycles. The van der Waals surface area contributed by atoms with Gasteiger partial charge in [0, 0.05) is 0 Å². The van der Waals surface area contributed by atoms with Crippen molar-refractivity contribution >= 4 is 29.1 Å². The van der Waals surface area contributed by atoms with Crippen molar-refractivity contribution in [2.45, 2.75) is 38.3 Å². The molecular formula is C14H18Cl2N2O. The zero-order valence-corrected chi connectivity index (χ0v) is 12.6. The molecule has 104 valence electrons. The van der Waals surface area contributed by atoms with E-state index < -0.39 is 5.54 Å². The summed E-state index contributed by atoms with van der Waals surface area (Å²) in [5.74, 6) is 0.182. The Morgan fingerprint density at radius 1 is 1.42 bits per heavy atom. The van der Waals surface area contributed by atoms with Gasteiger partial charge in [0.1, 0.15) is 0 Å². The van der Waals surface area contributed by atoms with Crippen molar-refractivity contribution in [1.29, 1.82) is 0 Å². The van der Waals surface area contributed by atoms with Crippen LogP contribution in [0, 0.1) is 5.92 Å². The molecule has 1 saturated carbocycles. The van der Waals surface area contributed by atoms with Crippen LogP contribution in [0.1, 0.15) is 38.3 Å². The van der Waals surface area contributed by atoms with Crippen LogP contribution in [0.4, 0.5) is 0 Å². The smallest absolute Gasteiger partial charge is 0.240 e. The third-order valence-corrected chi connectivity index (χ3v) is 4.44. The summed E-state index contributed by atoms with van der Waals surface area (Å²) in [6.07, 6.45) is 2.06. The molecule has 19 heavy (non-hydrogen) atoms. The van der Waals surface area contributed by atoms with Gasteiger partial charge in [0.15, 0.2) is 0 Å². The third kappa shape index (κ3) is 3.22. The average Bonchev–Trinajstić information content (AvgIpc) is 3.16. The van der Waals surface area contributed by atoms with Gasteiger partial charge in [0.05, 0.1) is 21.6 Å². The SMILES string of the molecule is CC(NC(=O)C(C)(N)C1CC1)c1ccc(Cl)c(Cl)c1. The van der Waals surface area contributed by atoms with Crippen LogP contribution >= 0.6 is 23.2 Å². The van der Waals surface area contributed by atoms with Crippen LogP contribution in [0.25, 0.3) is 0 Å². The molecule has 1 aromatic rings. The van der Waals surface area contributed by atoms with Crippen molar-refractivity contribution in [2.75, 3.05) is 0 Å². The molecule has 3 N–H and O–H groups in total. The molecule has 2 unspecified atom stereocenters. The number of carbonyl (C=O) groups excluding carboxylic acids is 1. The van der Waals surface area contributed by atoms with Gasteiger partial charge in [0.2, 0.25) is 5.91 Å². The highest BCUT2D eigenvalue weighted by molar-refractivity contribution is 6.42. The van der Waals surface area contributed by atoms with E-state index >= 15 is 0 Å². The van der Waals surface area contributed by atoms with Crippen molar-refractivity contribution in [3.05, 3.63) is 33.8 Å². The normalized spacial score (nSPS) is 19.6. The van der Waals surface area contributed by atoms with E-state index in [0.717, 1.165) is 18.4 Å². The van der Waals surface area contributed by atoms with E-state index in [1.165, 1.54) is 0 Å². The number of nitrogens with two attached hydrogens (primary N) is 1. The molecule has 5 heteroatoms. The molecule has 0 heterocycles. The van der Waals surface area contributed by atoms with Crippen LogP contribution in [-0.2, 0) is 4.79 Å². The monoisotopic (exact) mass is 300 g/mol. The number of amides is 1. The second-order valence-electron chi connectivity index (χ2n) is 5.43. The Morgan fingerprint density at radius 3 is 2.58 bits per heavy atom. The highest BCUT2D eigenvalue weighted by atomic mass is 35.5. The molecule has 1 aliphatic carbocycles. The van der Waals surface area contributed by atoms with Gasteiger partial charge in [-0.1, -0.05) is 29.3 Å². The summed E-state index contributed by atoms with van der Waals surface area (Å²) in [6.45, 7) is 3.70. The largest absolute Gasteiger partial charge is 0.348 e. The molecule has 0 spiro atoms. The predicted molar refractivity (Wildman–Crippen MR) is 78.3 cm³/mol. The minimum absolute atomic E-state index is 0.117. The maximum Gasteiger partial charge on any atom is 0.240 e. The Labute approximate surface area is 123 Å². The summed E-state index contributed by atoms with van der Waals surface area (Å²) in [4.78, 5) is 12.2. The van der Waals surface area contributed by atoms with Crippen molar-refractivity contribution < 1.29 is 4.79 Å². The Balaban J connectivity index is 2.06. The number of rotatable bonds is 4. The molecule has 1 aliphatic rings. The third-order valence-electron chi connectivity index (χ3n) is 3.71. The van der Waals surface area contributed by atoms with Gasteiger partial charge in [0.25, 0.3) is 0 Å². The first-order chi connectivity index (χ1) is 8.82. The Bertz CT molecular complexity index is 498. The summed E-state index contributed by atoms with van der Waals surface area (Å²) in [6, 6.07) is 5.19. The van der Waals surface area contributed by atoms with Gasteiger partial charge < -0.3 is 11.1 Å². The number of nitrogens with one attached hydrogen (secondary N) is 1. The zero-order valence-electron chi connectivity index (χ0n) is 11.0. The highest BCUT2D eigenvalue weighted by Crippen LogP contribution is 2.38. The summed E-state index contributed by atoms with van der Waals surface area (Å²) >= 11 is 11.8. The fraction of sp³-hybridized carbons (Fsp3) is 0.500. The van der Waals surface area contributed by atoms with E-state index in [0.29, 0.717) is 16.0 Å². The van der Waals surface area contributed by atoms with Crippen molar-refractivity contribution in [2.24, 2.45) is 11.7 Å². The fourth-order valence-corrected chi connectivity index (χ4v) is 2.39. The van der Waals surface area contributed by atoms with Crippen molar-refractivity contribution in [1.82, 2.24) is 5.32 Å². The zero-order chi connectivity index (χ0) is 14.2. The van der Waals surface area contributed by atoms with Crippen LogP contribution in [-0.4, -0.2) is 11.4 Å². The number of hydrogen-bond donors (Lipinski definition) is 2. The van der Waals surface area contributed by atoms with Crippen LogP contribution in [0.15, 0.2) is 18.2 Å². The van der Waals surface area contributed by atoms with Crippen molar-refractivity contribution in [3.8, 4) is 0 Å². The van der Waals surface area contributed by atoms with E-state index in [2.05, 4.69) is 5.32 Å². The van der Waals surface area contributed by atoms with Gasteiger partial charge in [-0.3, -0.25) is 4.79 Å². The van der Waals surface area contributed by atoms with Crippen LogP contribution in [0.5, 0.6) is 0 Å². The lowest BCUT2D eigenvalue weighted by atomic mass is 9.95. The molecule has 0 aliphatic heterocycles. The van der Waals surface area contributed by atoms with Crippen LogP contribution in [0.3, 0.4) is 0 Å². The van der Waals surface area contributed by atoms with E-state index in [-0.39, 0.29) is 11.9 Å². The highest BCUT2D eigenvalue weighted by Gasteiger charge is 2.44. The van der Waals surface area contributed by atoms with Gasteiger partial charge in [-0.2, -0.15) is 0 Å². The number of hydrogen-bond acceptors (Lipinski definition) is 2. The number of carbonyl (C=O) groups is 1. The lowest BCUT2D eigenvalue weighted by Crippen LogP contribution is -2.53. The summed E-state index contributed by atoms with van der Waals surface area (Å²) in [5.41, 5.74) is 6.21. The predicted octanol–water partition coefficient (Wildman–Crippen LogP) is 3.30. The fourth-order valence-electron chi connectivity index (χ4n) is 2.09.